The summed E-state index contributed by atoms with van der Waals surface area (Å²) in [6, 6.07) is 2.00. The molecular weight excluding hydrogens is 306 g/mol. The number of aromatic nitrogens is 4. The molecule has 1 amide bonds. The Morgan fingerprint density at radius 3 is 2.90 bits per heavy atom. The van der Waals surface area contributed by atoms with Crippen LogP contribution in [0.5, 0.6) is 0 Å². The number of hydrogen-bond acceptors (Lipinski definition) is 6. The average molecular weight is 319 g/mol. The van der Waals surface area contributed by atoms with E-state index >= 15 is 0 Å². The normalized spacial score (nSPS) is 10.8. The van der Waals surface area contributed by atoms with E-state index in [1.54, 1.807) is 28.7 Å². The number of aromatic amines is 1. The molecule has 3 rings (SSSR count). The number of thiazole rings is 1. The summed E-state index contributed by atoms with van der Waals surface area (Å²) in [4.78, 5) is 22.5. The van der Waals surface area contributed by atoms with E-state index in [-0.39, 0.29) is 5.91 Å². The topological polar surface area (TPSA) is 74.8 Å². The van der Waals surface area contributed by atoms with Gasteiger partial charge in [0.15, 0.2) is 5.82 Å². The molecule has 1 N–H and O–H groups in total. The highest BCUT2D eigenvalue weighted by atomic mass is 32.1. The van der Waals surface area contributed by atoms with Gasteiger partial charge >= 0.3 is 0 Å². The highest BCUT2D eigenvalue weighted by Gasteiger charge is 2.17. The minimum absolute atomic E-state index is 0.129. The highest BCUT2D eigenvalue weighted by Crippen LogP contribution is 2.26. The lowest BCUT2D eigenvalue weighted by molar-refractivity contribution is 0.0776. The van der Waals surface area contributed by atoms with E-state index in [2.05, 4.69) is 20.2 Å². The van der Waals surface area contributed by atoms with Gasteiger partial charge in [0.25, 0.3) is 5.91 Å². The molecule has 3 aromatic rings. The van der Waals surface area contributed by atoms with Crippen molar-refractivity contribution in [2.75, 3.05) is 7.05 Å². The Morgan fingerprint density at radius 1 is 1.38 bits per heavy atom. The quantitative estimate of drug-likeness (QED) is 0.802. The van der Waals surface area contributed by atoms with Crippen LogP contribution in [0.2, 0.25) is 0 Å². The summed E-state index contributed by atoms with van der Waals surface area (Å²) in [5, 5.41) is 13.5. The van der Waals surface area contributed by atoms with Crippen LogP contribution >= 0.6 is 22.7 Å². The third-order valence-electron chi connectivity index (χ3n) is 2.86. The molecule has 0 unspecified atom stereocenters. The molecule has 0 aromatic carbocycles. The molecule has 0 aliphatic heterocycles. The van der Waals surface area contributed by atoms with Gasteiger partial charge in [-0.3, -0.25) is 9.89 Å². The summed E-state index contributed by atoms with van der Waals surface area (Å²) in [5.74, 6) is 1.20. The van der Waals surface area contributed by atoms with Crippen LogP contribution < -0.4 is 0 Å². The SMILES string of the molecule is Cc1nc(CN(C)C(=O)c2csc(-c3ccsc3)n2)n[nH]1. The molecule has 0 saturated heterocycles. The largest absolute Gasteiger partial charge is 0.333 e. The first kappa shape index (κ1) is 13.9. The average Bonchev–Trinajstić information content (AvgIpc) is 3.18. The third kappa shape index (κ3) is 3.01. The summed E-state index contributed by atoms with van der Waals surface area (Å²) in [6.07, 6.45) is 0. The monoisotopic (exact) mass is 319 g/mol. The number of rotatable bonds is 4. The van der Waals surface area contributed by atoms with Gasteiger partial charge in [0.05, 0.1) is 6.54 Å². The van der Waals surface area contributed by atoms with E-state index in [0.717, 1.165) is 16.4 Å². The fraction of sp³-hybridized carbons (Fsp3) is 0.231. The van der Waals surface area contributed by atoms with Crippen molar-refractivity contribution in [1.82, 2.24) is 25.1 Å². The van der Waals surface area contributed by atoms with Gasteiger partial charge in [0.1, 0.15) is 16.5 Å². The van der Waals surface area contributed by atoms with E-state index in [0.29, 0.717) is 18.1 Å². The molecule has 0 spiro atoms. The molecule has 0 aliphatic carbocycles. The second-order valence-electron chi connectivity index (χ2n) is 4.55. The second-order valence-corrected chi connectivity index (χ2v) is 6.19. The van der Waals surface area contributed by atoms with Gasteiger partial charge in [-0.25, -0.2) is 9.97 Å². The fourth-order valence-electron chi connectivity index (χ4n) is 1.83. The molecule has 0 fully saturated rings. The molecular formula is C13H13N5OS2. The van der Waals surface area contributed by atoms with Crippen LogP contribution in [-0.4, -0.2) is 38.0 Å². The number of aryl methyl sites for hydroxylation is 1. The Kier molecular flexibility index (Phi) is 3.80. The lowest BCUT2D eigenvalue weighted by Crippen LogP contribution is -2.27. The van der Waals surface area contributed by atoms with Gasteiger partial charge in [-0.2, -0.15) is 16.4 Å². The number of H-pyrrole nitrogens is 1. The van der Waals surface area contributed by atoms with Crippen LogP contribution in [0.4, 0.5) is 0 Å². The van der Waals surface area contributed by atoms with Crippen molar-refractivity contribution in [3.05, 3.63) is 39.5 Å². The number of nitrogens with one attached hydrogen (secondary N) is 1. The lowest BCUT2D eigenvalue weighted by atomic mass is 10.3. The minimum Gasteiger partial charge on any atom is -0.333 e. The summed E-state index contributed by atoms with van der Waals surface area (Å²) >= 11 is 3.09. The van der Waals surface area contributed by atoms with Crippen LogP contribution in [0.1, 0.15) is 22.1 Å². The number of carbonyl (C=O) groups excluding carboxylic acids is 1. The molecule has 0 aliphatic rings. The van der Waals surface area contributed by atoms with E-state index < -0.39 is 0 Å². The summed E-state index contributed by atoms with van der Waals surface area (Å²) in [7, 11) is 1.72. The molecule has 0 atom stereocenters. The van der Waals surface area contributed by atoms with Crippen molar-refractivity contribution in [1.29, 1.82) is 0 Å². The first-order chi connectivity index (χ1) is 10.1. The van der Waals surface area contributed by atoms with E-state index in [1.165, 1.54) is 11.3 Å². The first-order valence-corrected chi connectivity index (χ1v) is 8.07. The standard InChI is InChI=1S/C13H13N5OS2/c1-8-14-11(17-16-8)5-18(2)13(19)10-7-21-12(15-10)9-3-4-20-6-9/h3-4,6-7H,5H2,1-2H3,(H,14,16,17). The molecule has 6 nitrogen and oxygen atoms in total. The molecule has 8 heteroatoms. The van der Waals surface area contributed by atoms with Crippen molar-refractivity contribution in [2.24, 2.45) is 0 Å². The van der Waals surface area contributed by atoms with Crippen molar-refractivity contribution < 1.29 is 4.79 Å². The number of nitrogens with zero attached hydrogens (tertiary/aromatic N) is 4. The van der Waals surface area contributed by atoms with Crippen molar-refractivity contribution in [2.45, 2.75) is 13.5 Å². The smallest absolute Gasteiger partial charge is 0.273 e. The van der Waals surface area contributed by atoms with Gasteiger partial charge in [0.2, 0.25) is 0 Å². The van der Waals surface area contributed by atoms with Gasteiger partial charge in [-0.1, -0.05) is 0 Å². The number of hydrogen-bond donors (Lipinski definition) is 1. The molecule has 0 saturated carbocycles. The van der Waals surface area contributed by atoms with Gasteiger partial charge in [0, 0.05) is 23.4 Å². The van der Waals surface area contributed by atoms with Gasteiger partial charge < -0.3 is 4.90 Å². The van der Waals surface area contributed by atoms with E-state index in [1.807, 2.05) is 23.8 Å². The molecule has 3 heterocycles. The maximum atomic E-state index is 12.3. The summed E-state index contributed by atoms with van der Waals surface area (Å²) in [6.45, 7) is 2.18. The van der Waals surface area contributed by atoms with Crippen LogP contribution in [0.3, 0.4) is 0 Å². The zero-order chi connectivity index (χ0) is 14.8. The maximum absolute atomic E-state index is 12.3. The van der Waals surface area contributed by atoms with Crippen LogP contribution in [0.25, 0.3) is 10.6 Å². The number of thiophene rings is 1. The lowest BCUT2D eigenvalue weighted by Gasteiger charge is -2.13. The molecule has 0 bridgehead atoms. The zero-order valence-corrected chi connectivity index (χ0v) is 13.2. The Labute approximate surface area is 129 Å². The van der Waals surface area contributed by atoms with Crippen molar-refractivity contribution in [3.63, 3.8) is 0 Å². The Bertz CT molecular complexity index is 746. The van der Waals surface area contributed by atoms with Gasteiger partial charge in [-0.05, 0) is 18.4 Å². The van der Waals surface area contributed by atoms with Gasteiger partial charge in [-0.15, -0.1) is 11.3 Å². The predicted octanol–water partition coefficient (Wildman–Crippen LogP) is 2.57. The Balaban J connectivity index is 1.72. The molecule has 3 aromatic heterocycles. The number of carbonyl (C=O) groups is 1. The summed E-state index contributed by atoms with van der Waals surface area (Å²) in [5.41, 5.74) is 1.51. The van der Waals surface area contributed by atoms with E-state index in [9.17, 15) is 4.79 Å². The fourth-order valence-corrected chi connectivity index (χ4v) is 3.34. The van der Waals surface area contributed by atoms with Crippen molar-refractivity contribution in [3.8, 4) is 10.6 Å². The molecule has 21 heavy (non-hydrogen) atoms. The summed E-state index contributed by atoms with van der Waals surface area (Å²) < 4.78 is 0. The number of amides is 1. The van der Waals surface area contributed by atoms with Crippen molar-refractivity contribution >= 4 is 28.6 Å². The highest BCUT2D eigenvalue weighted by molar-refractivity contribution is 7.14. The first-order valence-electron chi connectivity index (χ1n) is 6.25. The Hall–Kier alpha value is -2.06. The molecule has 0 radical (unpaired) electrons. The second kappa shape index (κ2) is 5.74. The molecule has 108 valence electrons. The van der Waals surface area contributed by atoms with Crippen LogP contribution in [0, 0.1) is 6.92 Å². The Morgan fingerprint density at radius 2 is 2.24 bits per heavy atom. The maximum Gasteiger partial charge on any atom is 0.273 e. The third-order valence-corrected chi connectivity index (χ3v) is 4.43. The predicted molar refractivity (Wildman–Crippen MR) is 82.3 cm³/mol. The van der Waals surface area contributed by atoms with Crippen LogP contribution in [0.15, 0.2) is 22.2 Å². The zero-order valence-electron chi connectivity index (χ0n) is 11.5. The van der Waals surface area contributed by atoms with E-state index in [4.69, 9.17) is 0 Å². The van der Waals surface area contributed by atoms with Crippen LogP contribution in [-0.2, 0) is 6.54 Å². The minimum atomic E-state index is -0.129.